The molecule has 0 aromatic heterocycles. The molecule has 0 bridgehead atoms. The van der Waals surface area contributed by atoms with Crippen molar-refractivity contribution in [2.45, 2.75) is 38.6 Å². The Balaban J connectivity index is 2.03. The molecule has 0 N–H and O–H groups in total. The minimum Gasteiger partial charge on any atom is -0.300 e. The highest BCUT2D eigenvalue weighted by Gasteiger charge is 2.31. The van der Waals surface area contributed by atoms with Gasteiger partial charge in [0.1, 0.15) is 0 Å². The summed E-state index contributed by atoms with van der Waals surface area (Å²) in [7, 11) is 0. The summed E-state index contributed by atoms with van der Waals surface area (Å²) in [6.45, 7) is 5.19. The zero-order valence-electron chi connectivity index (χ0n) is 6.84. The van der Waals surface area contributed by atoms with E-state index in [1.165, 1.54) is 38.8 Å². The Kier molecular flexibility index (Phi) is 1.69. The van der Waals surface area contributed by atoms with E-state index in [9.17, 15) is 0 Å². The van der Waals surface area contributed by atoms with Crippen LogP contribution in [0.5, 0.6) is 0 Å². The van der Waals surface area contributed by atoms with Crippen molar-refractivity contribution < 1.29 is 0 Å². The van der Waals surface area contributed by atoms with Gasteiger partial charge in [-0.2, -0.15) is 0 Å². The largest absolute Gasteiger partial charge is 0.300 e. The number of hydrogen-bond acceptors (Lipinski definition) is 1. The molecule has 2 heterocycles. The molecule has 0 amide bonds. The summed E-state index contributed by atoms with van der Waals surface area (Å²) in [6.07, 6.45) is 5.84. The molecule has 1 nitrogen and oxygen atoms in total. The van der Waals surface area contributed by atoms with Crippen LogP contribution in [0.4, 0.5) is 0 Å². The lowest BCUT2D eigenvalue weighted by Crippen LogP contribution is -2.39. The fraction of sp³-hybridized carbons (Fsp3) is 1.00. The monoisotopic (exact) mass is 139 g/mol. The van der Waals surface area contributed by atoms with Gasteiger partial charge >= 0.3 is 0 Å². The smallest absolute Gasteiger partial charge is 0.0121 e. The van der Waals surface area contributed by atoms with Gasteiger partial charge in [-0.15, -0.1) is 0 Å². The fourth-order valence-corrected chi connectivity index (χ4v) is 2.58. The molecule has 58 valence electrons. The Morgan fingerprint density at radius 3 is 2.50 bits per heavy atom. The minimum atomic E-state index is 0.966. The molecule has 0 spiro atoms. The number of piperidine rings is 1. The standard InChI is InChI=1S/C9H17N/c1-8-4-2-6-10-7-3-5-9(8)10/h8-9H,2-7H2,1H3. The Hall–Kier alpha value is -0.0400. The van der Waals surface area contributed by atoms with Crippen LogP contribution >= 0.6 is 0 Å². The SMILES string of the molecule is CC1CCCN2CCCC12. The molecule has 2 atom stereocenters. The molecule has 2 rings (SSSR count). The third-order valence-electron chi connectivity index (χ3n) is 3.18. The molecular formula is C9H17N. The Bertz CT molecular complexity index is 122. The quantitative estimate of drug-likeness (QED) is 0.495. The van der Waals surface area contributed by atoms with E-state index in [1.54, 1.807) is 0 Å². The van der Waals surface area contributed by atoms with Crippen molar-refractivity contribution in [1.82, 2.24) is 4.90 Å². The Morgan fingerprint density at radius 1 is 1.10 bits per heavy atom. The Labute approximate surface area is 63.4 Å². The summed E-state index contributed by atoms with van der Waals surface area (Å²) in [5.41, 5.74) is 0. The minimum absolute atomic E-state index is 0.966. The van der Waals surface area contributed by atoms with Gasteiger partial charge in [-0.05, 0) is 44.7 Å². The molecule has 0 aliphatic carbocycles. The van der Waals surface area contributed by atoms with Crippen molar-refractivity contribution >= 4 is 0 Å². The van der Waals surface area contributed by atoms with Gasteiger partial charge in [-0.25, -0.2) is 0 Å². The van der Waals surface area contributed by atoms with Crippen molar-refractivity contribution in [3.8, 4) is 0 Å². The summed E-state index contributed by atoms with van der Waals surface area (Å²) in [6, 6.07) is 0.966. The molecular weight excluding hydrogens is 122 g/mol. The molecule has 2 saturated heterocycles. The summed E-state index contributed by atoms with van der Waals surface area (Å²) in [5, 5.41) is 0. The topological polar surface area (TPSA) is 3.24 Å². The van der Waals surface area contributed by atoms with Crippen molar-refractivity contribution in [1.29, 1.82) is 0 Å². The molecule has 0 aromatic rings. The number of nitrogens with zero attached hydrogens (tertiary/aromatic N) is 1. The van der Waals surface area contributed by atoms with Crippen LogP contribution in [0.2, 0.25) is 0 Å². The highest BCUT2D eigenvalue weighted by molar-refractivity contribution is 4.86. The van der Waals surface area contributed by atoms with E-state index in [4.69, 9.17) is 0 Å². The van der Waals surface area contributed by atoms with Gasteiger partial charge in [0.2, 0.25) is 0 Å². The van der Waals surface area contributed by atoms with Crippen LogP contribution < -0.4 is 0 Å². The van der Waals surface area contributed by atoms with E-state index in [2.05, 4.69) is 11.8 Å². The first-order valence-electron chi connectivity index (χ1n) is 4.62. The maximum Gasteiger partial charge on any atom is 0.0121 e. The predicted molar refractivity (Wildman–Crippen MR) is 43.0 cm³/mol. The van der Waals surface area contributed by atoms with E-state index in [-0.39, 0.29) is 0 Å². The van der Waals surface area contributed by atoms with E-state index >= 15 is 0 Å². The Morgan fingerprint density at radius 2 is 1.80 bits per heavy atom. The highest BCUT2D eigenvalue weighted by Crippen LogP contribution is 2.30. The van der Waals surface area contributed by atoms with Crippen molar-refractivity contribution in [3.63, 3.8) is 0 Å². The lowest BCUT2D eigenvalue weighted by Gasteiger charge is -2.34. The molecule has 0 aromatic carbocycles. The second-order valence-electron chi connectivity index (χ2n) is 3.87. The van der Waals surface area contributed by atoms with Crippen molar-refractivity contribution in [2.24, 2.45) is 5.92 Å². The summed E-state index contributed by atoms with van der Waals surface area (Å²) in [5.74, 6) is 0.983. The van der Waals surface area contributed by atoms with Gasteiger partial charge in [0.25, 0.3) is 0 Å². The van der Waals surface area contributed by atoms with Crippen LogP contribution in [-0.2, 0) is 0 Å². The number of fused-ring (bicyclic) bond motifs is 1. The van der Waals surface area contributed by atoms with Crippen LogP contribution in [-0.4, -0.2) is 24.0 Å². The molecule has 2 aliphatic heterocycles. The van der Waals surface area contributed by atoms with Crippen LogP contribution in [0.25, 0.3) is 0 Å². The molecule has 10 heavy (non-hydrogen) atoms. The second kappa shape index (κ2) is 2.54. The number of rotatable bonds is 0. The van der Waals surface area contributed by atoms with E-state index in [0.29, 0.717) is 0 Å². The van der Waals surface area contributed by atoms with Crippen LogP contribution in [0.3, 0.4) is 0 Å². The van der Waals surface area contributed by atoms with Crippen molar-refractivity contribution in [2.75, 3.05) is 13.1 Å². The van der Waals surface area contributed by atoms with Crippen molar-refractivity contribution in [3.05, 3.63) is 0 Å². The molecule has 0 radical (unpaired) electrons. The first-order valence-corrected chi connectivity index (χ1v) is 4.62. The van der Waals surface area contributed by atoms with Crippen LogP contribution in [0.1, 0.15) is 32.6 Å². The van der Waals surface area contributed by atoms with E-state index in [0.717, 1.165) is 12.0 Å². The molecule has 2 unspecified atom stereocenters. The molecule has 1 heteroatoms. The van der Waals surface area contributed by atoms with Gasteiger partial charge in [0.15, 0.2) is 0 Å². The summed E-state index contributed by atoms with van der Waals surface area (Å²) in [4.78, 5) is 2.69. The van der Waals surface area contributed by atoms with Gasteiger partial charge < -0.3 is 4.90 Å². The second-order valence-corrected chi connectivity index (χ2v) is 3.87. The third-order valence-corrected chi connectivity index (χ3v) is 3.18. The fourth-order valence-electron chi connectivity index (χ4n) is 2.58. The lowest BCUT2D eigenvalue weighted by molar-refractivity contribution is 0.144. The van der Waals surface area contributed by atoms with Crippen LogP contribution in [0, 0.1) is 5.92 Å². The third kappa shape index (κ3) is 0.968. The zero-order valence-corrected chi connectivity index (χ0v) is 6.84. The van der Waals surface area contributed by atoms with E-state index in [1.807, 2.05) is 0 Å². The average Bonchev–Trinajstić information content (AvgIpc) is 2.36. The summed E-state index contributed by atoms with van der Waals surface area (Å²) < 4.78 is 0. The average molecular weight is 139 g/mol. The lowest BCUT2D eigenvalue weighted by atomic mass is 9.91. The predicted octanol–water partition coefficient (Wildman–Crippen LogP) is 1.88. The van der Waals surface area contributed by atoms with E-state index < -0.39 is 0 Å². The zero-order chi connectivity index (χ0) is 6.97. The maximum absolute atomic E-state index is 2.69. The first kappa shape index (κ1) is 6.66. The highest BCUT2D eigenvalue weighted by atomic mass is 15.2. The number of hydrogen-bond donors (Lipinski definition) is 0. The molecule has 2 aliphatic rings. The first-order chi connectivity index (χ1) is 4.88. The normalized spacial score (nSPS) is 41.7. The summed E-state index contributed by atoms with van der Waals surface area (Å²) >= 11 is 0. The van der Waals surface area contributed by atoms with Crippen LogP contribution in [0.15, 0.2) is 0 Å². The van der Waals surface area contributed by atoms with Gasteiger partial charge in [-0.3, -0.25) is 0 Å². The molecule has 0 saturated carbocycles. The van der Waals surface area contributed by atoms with Gasteiger partial charge in [0, 0.05) is 6.04 Å². The van der Waals surface area contributed by atoms with Gasteiger partial charge in [0.05, 0.1) is 0 Å². The maximum atomic E-state index is 2.69. The van der Waals surface area contributed by atoms with Gasteiger partial charge in [-0.1, -0.05) is 6.92 Å². The molecule has 2 fully saturated rings.